The van der Waals surface area contributed by atoms with Crippen LogP contribution in [0.25, 0.3) is 9.40 Å². The van der Waals surface area contributed by atoms with Crippen LogP contribution in [0.15, 0.2) is 17.5 Å². The van der Waals surface area contributed by atoms with Gasteiger partial charge in [0, 0.05) is 22.5 Å². The van der Waals surface area contributed by atoms with Crippen LogP contribution in [0.3, 0.4) is 0 Å². The molecule has 2 aromatic rings. The van der Waals surface area contributed by atoms with Crippen molar-refractivity contribution < 1.29 is 9.90 Å². The number of aliphatic hydroxyl groups is 1. The van der Waals surface area contributed by atoms with Crippen molar-refractivity contribution in [1.29, 1.82) is 0 Å². The molecule has 2 aromatic heterocycles. The van der Waals surface area contributed by atoms with E-state index in [1.54, 1.807) is 16.2 Å². The largest absolute Gasteiger partial charge is 0.389 e. The maximum atomic E-state index is 11.9. The minimum absolute atomic E-state index is 0.0497. The van der Waals surface area contributed by atoms with E-state index in [-0.39, 0.29) is 12.0 Å². The SMILES string of the molecule is O=C(c1cc2sccc2s1)N1CC(O)C1. The van der Waals surface area contributed by atoms with E-state index >= 15 is 0 Å². The predicted octanol–water partition coefficient (Wildman–Crippen LogP) is 1.78. The summed E-state index contributed by atoms with van der Waals surface area (Å²) in [6.45, 7) is 0.953. The summed E-state index contributed by atoms with van der Waals surface area (Å²) in [5.41, 5.74) is 0. The molecule has 0 aromatic carbocycles. The summed E-state index contributed by atoms with van der Waals surface area (Å²) in [6.07, 6.45) is -0.324. The summed E-state index contributed by atoms with van der Waals surface area (Å²) in [7, 11) is 0. The van der Waals surface area contributed by atoms with Crippen LogP contribution < -0.4 is 0 Å². The van der Waals surface area contributed by atoms with Crippen LogP contribution in [0.4, 0.5) is 0 Å². The van der Waals surface area contributed by atoms with Crippen molar-refractivity contribution in [2.45, 2.75) is 6.10 Å². The Morgan fingerprint density at radius 2 is 2.27 bits per heavy atom. The smallest absolute Gasteiger partial charge is 0.264 e. The molecule has 1 saturated heterocycles. The maximum absolute atomic E-state index is 11.9. The first-order chi connectivity index (χ1) is 7.24. The van der Waals surface area contributed by atoms with Crippen LogP contribution in [-0.4, -0.2) is 35.1 Å². The Balaban J connectivity index is 1.87. The first-order valence-electron chi connectivity index (χ1n) is 4.68. The Kier molecular flexibility index (Phi) is 2.05. The van der Waals surface area contributed by atoms with Crippen LogP contribution in [0.2, 0.25) is 0 Å². The minimum atomic E-state index is -0.324. The highest BCUT2D eigenvalue weighted by Gasteiger charge is 2.30. The molecule has 0 radical (unpaired) electrons. The van der Waals surface area contributed by atoms with E-state index in [1.807, 2.05) is 17.5 Å². The molecule has 15 heavy (non-hydrogen) atoms. The predicted molar refractivity (Wildman–Crippen MR) is 61.6 cm³/mol. The van der Waals surface area contributed by atoms with Crippen molar-refractivity contribution in [1.82, 2.24) is 4.90 Å². The molecule has 1 amide bonds. The zero-order chi connectivity index (χ0) is 10.4. The average molecular weight is 239 g/mol. The third-order valence-corrected chi connectivity index (χ3v) is 4.58. The third-order valence-electron chi connectivity index (χ3n) is 2.50. The standard InChI is InChI=1S/C10H9NO2S2/c12-6-4-11(5-6)10(13)9-3-8-7(15-9)1-2-14-8/h1-3,6,12H,4-5H2. The van der Waals surface area contributed by atoms with Gasteiger partial charge >= 0.3 is 0 Å². The lowest BCUT2D eigenvalue weighted by atomic mass is 10.1. The number of carbonyl (C=O) groups is 1. The van der Waals surface area contributed by atoms with Gasteiger partial charge in [-0.1, -0.05) is 0 Å². The molecule has 1 aliphatic rings. The number of hydrogen-bond acceptors (Lipinski definition) is 4. The second-order valence-corrected chi connectivity index (χ2v) is 5.66. The van der Waals surface area contributed by atoms with Crippen molar-refractivity contribution in [3.63, 3.8) is 0 Å². The lowest BCUT2D eigenvalue weighted by Gasteiger charge is -2.35. The minimum Gasteiger partial charge on any atom is -0.389 e. The number of likely N-dealkylation sites (tertiary alicyclic amines) is 1. The fourth-order valence-corrected chi connectivity index (χ4v) is 3.72. The number of carbonyl (C=O) groups excluding carboxylic acids is 1. The van der Waals surface area contributed by atoms with Gasteiger partial charge in [0.1, 0.15) is 0 Å². The van der Waals surface area contributed by atoms with Gasteiger partial charge in [0.2, 0.25) is 0 Å². The Bertz CT molecular complexity index is 482. The Morgan fingerprint density at radius 1 is 1.47 bits per heavy atom. The molecule has 0 unspecified atom stereocenters. The van der Waals surface area contributed by atoms with Crippen LogP contribution >= 0.6 is 22.7 Å². The highest BCUT2D eigenvalue weighted by atomic mass is 32.1. The van der Waals surface area contributed by atoms with Gasteiger partial charge in [-0.05, 0) is 17.5 Å². The molecule has 3 rings (SSSR count). The van der Waals surface area contributed by atoms with Gasteiger partial charge < -0.3 is 10.0 Å². The summed E-state index contributed by atoms with van der Waals surface area (Å²) in [5, 5.41) is 11.2. The van der Waals surface area contributed by atoms with Crippen molar-refractivity contribution in [3.05, 3.63) is 22.4 Å². The van der Waals surface area contributed by atoms with Gasteiger partial charge in [0.05, 0.1) is 11.0 Å². The molecule has 1 N–H and O–H groups in total. The molecule has 1 fully saturated rings. The quantitative estimate of drug-likeness (QED) is 0.824. The lowest BCUT2D eigenvalue weighted by Crippen LogP contribution is -2.53. The molecule has 78 valence electrons. The zero-order valence-electron chi connectivity index (χ0n) is 7.84. The molecule has 0 bridgehead atoms. The second kappa shape index (κ2) is 3.30. The van der Waals surface area contributed by atoms with E-state index in [1.165, 1.54) is 20.7 Å². The monoisotopic (exact) mass is 239 g/mol. The molecule has 0 aliphatic carbocycles. The number of hydrogen-bond donors (Lipinski definition) is 1. The van der Waals surface area contributed by atoms with Crippen molar-refractivity contribution in [2.75, 3.05) is 13.1 Å². The van der Waals surface area contributed by atoms with Gasteiger partial charge in [0.25, 0.3) is 5.91 Å². The number of rotatable bonds is 1. The molecule has 1 aliphatic heterocycles. The van der Waals surface area contributed by atoms with E-state index in [9.17, 15) is 4.79 Å². The zero-order valence-corrected chi connectivity index (χ0v) is 9.48. The van der Waals surface area contributed by atoms with Crippen LogP contribution in [0.5, 0.6) is 0 Å². The summed E-state index contributed by atoms with van der Waals surface area (Å²) in [5.74, 6) is 0.0497. The van der Waals surface area contributed by atoms with E-state index in [0.29, 0.717) is 13.1 Å². The van der Waals surface area contributed by atoms with E-state index in [4.69, 9.17) is 5.11 Å². The molecular weight excluding hydrogens is 230 g/mol. The summed E-state index contributed by atoms with van der Waals surface area (Å²) >= 11 is 3.18. The van der Waals surface area contributed by atoms with Gasteiger partial charge in [-0.15, -0.1) is 22.7 Å². The Labute approximate surface area is 94.6 Å². The number of nitrogens with zero attached hydrogens (tertiary/aromatic N) is 1. The lowest BCUT2D eigenvalue weighted by molar-refractivity contribution is 0.00623. The molecular formula is C10H9NO2S2. The van der Waals surface area contributed by atoms with Crippen molar-refractivity contribution in [2.24, 2.45) is 0 Å². The fraction of sp³-hybridized carbons (Fsp3) is 0.300. The van der Waals surface area contributed by atoms with Crippen molar-refractivity contribution in [3.8, 4) is 0 Å². The second-order valence-electron chi connectivity index (χ2n) is 3.62. The number of β-amino-alcohol motifs (C(OH)–C–C–N with tert-alkyl or cyclic N) is 1. The Hall–Kier alpha value is -0.910. The summed E-state index contributed by atoms with van der Waals surface area (Å²) in [6, 6.07) is 3.98. The highest BCUT2D eigenvalue weighted by molar-refractivity contribution is 7.27. The van der Waals surface area contributed by atoms with E-state index in [2.05, 4.69) is 0 Å². The molecule has 5 heteroatoms. The van der Waals surface area contributed by atoms with Gasteiger partial charge in [-0.3, -0.25) is 4.79 Å². The molecule has 3 nitrogen and oxygen atoms in total. The van der Waals surface area contributed by atoms with E-state index < -0.39 is 0 Å². The fourth-order valence-electron chi connectivity index (χ4n) is 1.65. The number of fused-ring (bicyclic) bond motifs is 1. The topological polar surface area (TPSA) is 40.5 Å². The molecule has 0 spiro atoms. The van der Waals surface area contributed by atoms with Crippen LogP contribution in [-0.2, 0) is 0 Å². The summed E-state index contributed by atoms with van der Waals surface area (Å²) in [4.78, 5) is 14.3. The van der Waals surface area contributed by atoms with Gasteiger partial charge in [0.15, 0.2) is 0 Å². The van der Waals surface area contributed by atoms with Crippen LogP contribution in [0, 0.1) is 0 Å². The normalized spacial score (nSPS) is 17.0. The molecule has 0 atom stereocenters. The first-order valence-corrected chi connectivity index (χ1v) is 6.38. The van der Waals surface area contributed by atoms with Gasteiger partial charge in [-0.25, -0.2) is 0 Å². The molecule has 0 saturated carbocycles. The molecule has 3 heterocycles. The average Bonchev–Trinajstić information content (AvgIpc) is 2.70. The third kappa shape index (κ3) is 1.47. The number of aliphatic hydroxyl groups excluding tert-OH is 1. The number of thiophene rings is 2. The Morgan fingerprint density at radius 3 is 2.93 bits per heavy atom. The summed E-state index contributed by atoms with van der Waals surface area (Å²) < 4.78 is 2.34. The highest BCUT2D eigenvalue weighted by Crippen LogP contribution is 2.31. The van der Waals surface area contributed by atoms with Crippen molar-refractivity contribution >= 4 is 38.0 Å². The van der Waals surface area contributed by atoms with Gasteiger partial charge in [-0.2, -0.15) is 0 Å². The maximum Gasteiger partial charge on any atom is 0.264 e. The first kappa shape index (κ1) is 9.33. The van der Waals surface area contributed by atoms with Crippen LogP contribution in [0.1, 0.15) is 9.67 Å². The van der Waals surface area contributed by atoms with E-state index in [0.717, 1.165) is 4.88 Å². The number of amides is 1.